The molecule has 0 bridgehead atoms. The quantitative estimate of drug-likeness (QED) is 0.898. The van der Waals surface area contributed by atoms with Crippen molar-refractivity contribution in [3.05, 3.63) is 28.2 Å². The molecule has 0 saturated carbocycles. The molecule has 6 heteroatoms. The molecule has 5 nitrogen and oxygen atoms in total. The summed E-state index contributed by atoms with van der Waals surface area (Å²) in [5, 5.41) is 3.17. The lowest BCUT2D eigenvalue weighted by molar-refractivity contribution is -0.135. The lowest BCUT2D eigenvalue weighted by atomic mass is 10.1. The molecule has 1 N–H and O–H groups in total. The highest BCUT2D eigenvalue weighted by molar-refractivity contribution is 9.10. The van der Waals surface area contributed by atoms with Gasteiger partial charge in [-0.3, -0.25) is 4.79 Å². The van der Waals surface area contributed by atoms with Crippen LogP contribution in [0.25, 0.3) is 0 Å². The summed E-state index contributed by atoms with van der Waals surface area (Å²) >= 11 is 3.44. The van der Waals surface area contributed by atoms with Gasteiger partial charge in [-0.15, -0.1) is 0 Å². The molecule has 1 aliphatic heterocycles. The molecule has 1 heterocycles. The maximum atomic E-state index is 12.3. The molecule has 0 spiro atoms. The zero-order chi connectivity index (χ0) is 14.5. The summed E-state index contributed by atoms with van der Waals surface area (Å²) in [5.74, 6) is 0.812. The predicted octanol–water partition coefficient (Wildman–Crippen LogP) is 1.40. The van der Waals surface area contributed by atoms with Crippen LogP contribution in [0.4, 0.5) is 0 Å². The van der Waals surface area contributed by atoms with Crippen LogP contribution in [0.2, 0.25) is 0 Å². The minimum Gasteiger partial charge on any atom is -0.496 e. The molecule has 1 atom stereocenters. The third-order valence-electron chi connectivity index (χ3n) is 3.25. The first-order valence-corrected chi connectivity index (χ1v) is 7.29. The van der Waals surface area contributed by atoms with E-state index in [1.165, 1.54) is 0 Å². The number of morpholine rings is 1. The molecule has 110 valence electrons. The number of hydrogen-bond acceptors (Lipinski definition) is 4. The monoisotopic (exact) mass is 342 g/mol. The summed E-state index contributed by atoms with van der Waals surface area (Å²) in [6.07, 6.45) is 0. The van der Waals surface area contributed by atoms with Crippen LogP contribution in [0.15, 0.2) is 22.7 Å². The van der Waals surface area contributed by atoms with E-state index in [1.807, 2.05) is 18.2 Å². The number of benzene rings is 1. The maximum absolute atomic E-state index is 12.3. The Morgan fingerprint density at radius 1 is 1.60 bits per heavy atom. The third-order valence-corrected chi connectivity index (χ3v) is 3.74. The van der Waals surface area contributed by atoms with Crippen LogP contribution >= 0.6 is 15.9 Å². The smallest absolute Gasteiger partial charge is 0.242 e. The van der Waals surface area contributed by atoms with Gasteiger partial charge in [0.15, 0.2) is 0 Å². The van der Waals surface area contributed by atoms with E-state index in [9.17, 15) is 4.79 Å². The first-order chi connectivity index (χ1) is 9.61. The Morgan fingerprint density at radius 2 is 2.40 bits per heavy atom. The minimum atomic E-state index is -0.258. The lowest BCUT2D eigenvalue weighted by Crippen LogP contribution is -2.51. The van der Waals surface area contributed by atoms with Gasteiger partial charge in [0.05, 0.1) is 20.3 Å². The summed E-state index contributed by atoms with van der Waals surface area (Å²) in [4.78, 5) is 14.0. The molecule has 0 aromatic heterocycles. The highest BCUT2D eigenvalue weighted by atomic mass is 79.9. The van der Waals surface area contributed by atoms with Gasteiger partial charge < -0.3 is 19.7 Å². The highest BCUT2D eigenvalue weighted by Crippen LogP contribution is 2.24. The number of amides is 1. The van der Waals surface area contributed by atoms with Crippen molar-refractivity contribution in [2.24, 2.45) is 0 Å². The Balaban J connectivity index is 2.04. The number of nitrogens with one attached hydrogen (secondary N) is 1. The van der Waals surface area contributed by atoms with Crippen LogP contribution in [0.3, 0.4) is 0 Å². The van der Waals surface area contributed by atoms with Gasteiger partial charge >= 0.3 is 0 Å². The SMILES string of the molecule is COc1ccc(Br)cc1CN(C)C(=O)C1COCCN1. The average Bonchev–Trinajstić information content (AvgIpc) is 2.47. The number of likely N-dealkylation sites (N-methyl/N-ethyl adjacent to an activating group) is 1. The molecule has 1 aliphatic rings. The van der Waals surface area contributed by atoms with E-state index in [0.717, 1.165) is 15.8 Å². The number of rotatable bonds is 4. The van der Waals surface area contributed by atoms with Crippen molar-refractivity contribution in [3.8, 4) is 5.75 Å². The van der Waals surface area contributed by atoms with Crippen LogP contribution in [-0.2, 0) is 16.1 Å². The molecule has 1 aromatic carbocycles. The molecule has 1 amide bonds. The fourth-order valence-electron chi connectivity index (χ4n) is 2.19. The number of carbonyl (C=O) groups is 1. The van der Waals surface area contributed by atoms with Gasteiger partial charge in [0, 0.05) is 30.2 Å². The minimum absolute atomic E-state index is 0.0340. The molecule has 1 saturated heterocycles. The standard InChI is InChI=1S/C14H19BrN2O3/c1-17(14(18)12-9-20-6-5-16-12)8-10-7-11(15)3-4-13(10)19-2/h3-4,7,12,16H,5-6,8-9H2,1-2H3. The van der Waals surface area contributed by atoms with E-state index >= 15 is 0 Å². The van der Waals surface area contributed by atoms with E-state index in [1.54, 1.807) is 19.1 Å². The summed E-state index contributed by atoms with van der Waals surface area (Å²) in [6.45, 7) is 2.30. The van der Waals surface area contributed by atoms with Crippen LogP contribution < -0.4 is 10.1 Å². The molecule has 20 heavy (non-hydrogen) atoms. The summed E-state index contributed by atoms with van der Waals surface area (Å²) < 4.78 is 11.6. The van der Waals surface area contributed by atoms with Gasteiger partial charge in [-0.25, -0.2) is 0 Å². The molecule has 0 aliphatic carbocycles. The number of methoxy groups -OCH3 is 1. The first-order valence-electron chi connectivity index (χ1n) is 6.50. The Bertz CT molecular complexity index is 475. The Labute approximate surface area is 127 Å². The van der Waals surface area contributed by atoms with Gasteiger partial charge in [-0.1, -0.05) is 15.9 Å². The van der Waals surface area contributed by atoms with Crippen molar-refractivity contribution in [2.45, 2.75) is 12.6 Å². The molecule has 1 fully saturated rings. The Kier molecular flexibility index (Phi) is 5.39. The van der Waals surface area contributed by atoms with Crippen molar-refractivity contribution >= 4 is 21.8 Å². The van der Waals surface area contributed by atoms with Crippen molar-refractivity contribution in [2.75, 3.05) is 33.9 Å². The zero-order valence-electron chi connectivity index (χ0n) is 11.7. The van der Waals surface area contributed by atoms with Crippen LogP contribution in [0, 0.1) is 0 Å². The normalized spacial score (nSPS) is 18.6. The number of carbonyl (C=O) groups excluding carboxylic acids is 1. The zero-order valence-corrected chi connectivity index (χ0v) is 13.3. The van der Waals surface area contributed by atoms with Gasteiger partial charge in [0.25, 0.3) is 0 Å². The van der Waals surface area contributed by atoms with E-state index in [4.69, 9.17) is 9.47 Å². The van der Waals surface area contributed by atoms with E-state index in [0.29, 0.717) is 26.3 Å². The second-order valence-corrected chi connectivity index (χ2v) is 5.65. The van der Waals surface area contributed by atoms with Crippen LogP contribution in [0.1, 0.15) is 5.56 Å². The summed E-state index contributed by atoms with van der Waals surface area (Å²) in [7, 11) is 3.42. The molecule has 1 unspecified atom stereocenters. The maximum Gasteiger partial charge on any atom is 0.242 e. The fraction of sp³-hybridized carbons (Fsp3) is 0.500. The van der Waals surface area contributed by atoms with E-state index < -0.39 is 0 Å². The van der Waals surface area contributed by atoms with Gasteiger partial charge in [-0.2, -0.15) is 0 Å². The van der Waals surface area contributed by atoms with Crippen LogP contribution in [-0.4, -0.2) is 50.8 Å². The fourth-order valence-corrected chi connectivity index (χ4v) is 2.60. The molecular formula is C14H19BrN2O3. The van der Waals surface area contributed by atoms with Gasteiger partial charge in [0.2, 0.25) is 5.91 Å². The van der Waals surface area contributed by atoms with Crippen molar-refractivity contribution in [1.29, 1.82) is 0 Å². The topological polar surface area (TPSA) is 50.8 Å². The second kappa shape index (κ2) is 7.06. The average molecular weight is 343 g/mol. The number of hydrogen-bond donors (Lipinski definition) is 1. The molecule has 2 rings (SSSR count). The molecular weight excluding hydrogens is 324 g/mol. The number of nitrogens with zero attached hydrogens (tertiary/aromatic N) is 1. The molecule has 1 aromatic rings. The summed E-state index contributed by atoms with van der Waals surface area (Å²) in [6, 6.07) is 5.51. The number of ether oxygens (including phenoxy) is 2. The Hall–Kier alpha value is -1.11. The number of halogens is 1. The second-order valence-electron chi connectivity index (χ2n) is 4.73. The van der Waals surface area contributed by atoms with Gasteiger partial charge in [-0.05, 0) is 18.2 Å². The van der Waals surface area contributed by atoms with E-state index in [2.05, 4.69) is 21.2 Å². The van der Waals surface area contributed by atoms with Crippen molar-refractivity contribution in [3.63, 3.8) is 0 Å². The van der Waals surface area contributed by atoms with Crippen LogP contribution in [0.5, 0.6) is 5.75 Å². The summed E-state index contributed by atoms with van der Waals surface area (Å²) in [5.41, 5.74) is 0.967. The largest absolute Gasteiger partial charge is 0.496 e. The predicted molar refractivity (Wildman–Crippen MR) is 79.8 cm³/mol. The van der Waals surface area contributed by atoms with Crippen molar-refractivity contribution in [1.82, 2.24) is 10.2 Å². The lowest BCUT2D eigenvalue weighted by Gasteiger charge is -2.28. The molecule has 0 radical (unpaired) electrons. The third kappa shape index (κ3) is 3.71. The Morgan fingerprint density at radius 3 is 3.05 bits per heavy atom. The van der Waals surface area contributed by atoms with Gasteiger partial charge in [0.1, 0.15) is 11.8 Å². The van der Waals surface area contributed by atoms with E-state index in [-0.39, 0.29) is 11.9 Å². The highest BCUT2D eigenvalue weighted by Gasteiger charge is 2.24. The van der Waals surface area contributed by atoms with Crippen molar-refractivity contribution < 1.29 is 14.3 Å². The first kappa shape index (κ1) is 15.3.